The fourth-order valence-electron chi connectivity index (χ4n) is 3.85. The number of carbonyl (C=O) groups excluding carboxylic acids is 1. The van der Waals surface area contributed by atoms with Gasteiger partial charge in [0.1, 0.15) is 0 Å². The van der Waals surface area contributed by atoms with Gasteiger partial charge < -0.3 is 14.4 Å². The molecule has 146 valence electrons. The maximum atomic E-state index is 11.6. The van der Waals surface area contributed by atoms with Crippen LogP contribution in [0.25, 0.3) is 16.6 Å². The second-order valence-electron chi connectivity index (χ2n) is 7.42. The average molecular weight is 378 g/mol. The summed E-state index contributed by atoms with van der Waals surface area (Å²) in [5, 5.41) is 10.1. The van der Waals surface area contributed by atoms with Crippen molar-refractivity contribution < 1.29 is 10.0 Å². The van der Waals surface area contributed by atoms with E-state index in [4.69, 9.17) is 5.21 Å². The Bertz CT molecular complexity index is 956. The number of hydrogen-bond donors (Lipinski definition) is 2. The second-order valence-corrected chi connectivity index (χ2v) is 7.42. The van der Waals surface area contributed by atoms with Crippen molar-refractivity contribution in [2.24, 2.45) is 0 Å². The van der Waals surface area contributed by atoms with E-state index in [0.717, 1.165) is 50.3 Å². The molecular weight excluding hydrogens is 352 g/mol. The molecule has 1 aliphatic rings. The van der Waals surface area contributed by atoms with Crippen LogP contribution in [0.15, 0.2) is 54.7 Å². The third-order valence-electron chi connectivity index (χ3n) is 5.60. The van der Waals surface area contributed by atoms with Crippen molar-refractivity contribution in [2.45, 2.75) is 6.42 Å². The number of benzene rings is 2. The number of nitrogens with zero attached hydrogens (tertiary/aromatic N) is 3. The van der Waals surface area contributed by atoms with Gasteiger partial charge in [0, 0.05) is 55.6 Å². The highest BCUT2D eigenvalue weighted by Crippen LogP contribution is 2.26. The summed E-state index contributed by atoms with van der Waals surface area (Å²) in [7, 11) is 2.18. The van der Waals surface area contributed by atoms with Crippen LogP contribution in [0.5, 0.6) is 0 Å². The fraction of sp³-hybridized carbons (Fsp3) is 0.318. The molecule has 0 bridgehead atoms. The van der Waals surface area contributed by atoms with Gasteiger partial charge in [-0.15, -0.1) is 0 Å². The van der Waals surface area contributed by atoms with Crippen molar-refractivity contribution >= 4 is 16.8 Å². The molecule has 0 spiro atoms. The summed E-state index contributed by atoms with van der Waals surface area (Å²) in [6.07, 6.45) is 3.23. The minimum Gasteiger partial charge on any atom is -0.316 e. The van der Waals surface area contributed by atoms with E-state index in [1.54, 1.807) is 17.6 Å². The number of likely N-dealkylation sites (N-methyl/N-ethyl adjacent to an activating group) is 1. The third kappa shape index (κ3) is 3.80. The van der Waals surface area contributed by atoms with Gasteiger partial charge in [-0.1, -0.05) is 18.2 Å². The summed E-state index contributed by atoms with van der Waals surface area (Å²) < 4.78 is 2.18. The van der Waals surface area contributed by atoms with Crippen molar-refractivity contribution in [3.05, 3.63) is 65.9 Å². The Morgan fingerprint density at radius 3 is 2.46 bits per heavy atom. The number of rotatable bonds is 5. The maximum Gasteiger partial charge on any atom is 0.274 e. The zero-order valence-corrected chi connectivity index (χ0v) is 16.1. The van der Waals surface area contributed by atoms with Crippen molar-refractivity contribution in [1.29, 1.82) is 0 Å². The van der Waals surface area contributed by atoms with Crippen molar-refractivity contribution in [3.63, 3.8) is 0 Å². The predicted molar refractivity (Wildman–Crippen MR) is 110 cm³/mol. The number of hydrogen-bond acceptors (Lipinski definition) is 4. The van der Waals surface area contributed by atoms with Gasteiger partial charge in [-0.05, 0) is 49.4 Å². The largest absolute Gasteiger partial charge is 0.316 e. The van der Waals surface area contributed by atoms with Crippen LogP contribution in [0.2, 0.25) is 0 Å². The maximum absolute atomic E-state index is 11.6. The first-order valence-electron chi connectivity index (χ1n) is 9.70. The second kappa shape index (κ2) is 8.14. The van der Waals surface area contributed by atoms with Crippen LogP contribution in [0.4, 0.5) is 0 Å². The minimum absolute atomic E-state index is 0.429. The van der Waals surface area contributed by atoms with E-state index >= 15 is 0 Å². The first kappa shape index (κ1) is 18.7. The molecule has 0 aliphatic carbocycles. The molecule has 1 amide bonds. The molecule has 1 saturated heterocycles. The van der Waals surface area contributed by atoms with Gasteiger partial charge in [-0.25, -0.2) is 5.48 Å². The van der Waals surface area contributed by atoms with E-state index in [2.05, 4.69) is 51.9 Å². The van der Waals surface area contributed by atoms with Gasteiger partial charge in [0.15, 0.2) is 0 Å². The number of amides is 1. The molecule has 2 heterocycles. The van der Waals surface area contributed by atoms with Crippen LogP contribution < -0.4 is 5.48 Å². The smallest absolute Gasteiger partial charge is 0.274 e. The average Bonchev–Trinajstić information content (AvgIpc) is 3.12. The first-order chi connectivity index (χ1) is 13.7. The van der Waals surface area contributed by atoms with Crippen LogP contribution in [0.1, 0.15) is 15.9 Å². The quantitative estimate of drug-likeness (QED) is 0.529. The summed E-state index contributed by atoms with van der Waals surface area (Å²) in [5.41, 5.74) is 5.60. The summed E-state index contributed by atoms with van der Waals surface area (Å²) >= 11 is 0. The van der Waals surface area contributed by atoms with E-state index in [1.807, 2.05) is 12.1 Å². The standard InChI is InChI=1S/C22H26N4O2/c1-24-12-14-25(15-13-24)11-10-18-16-26(21-5-3-2-4-20(18)21)19-8-6-17(7-9-19)22(27)23-28/h2-9,16,28H,10-15H2,1H3,(H,23,27). The Kier molecular flexibility index (Phi) is 5.43. The predicted octanol–water partition coefficient (Wildman–Crippen LogP) is 2.54. The van der Waals surface area contributed by atoms with Crippen molar-refractivity contribution in [3.8, 4) is 5.69 Å². The van der Waals surface area contributed by atoms with Gasteiger partial charge in [-0.2, -0.15) is 0 Å². The van der Waals surface area contributed by atoms with Gasteiger partial charge >= 0.3 is 0 Å². The molecule has 0 unspecified atom stereocenters. The molecule has 6 nitrogen and oxygen atoms in total. The lowest BCUT2D eigenvalue weighted by atomic mass is 10.1. The Morgan fingerprint density at radius 2 is 1.75 bits per heavy atom. The molecule has 6 heteroatoms. The van der Waals surface area contributed by atoms with E-state index in [-0.39, 0.29) is 0 Å². The fourth-order valence-corrected chi connectivity index (χ4v) is 3.85. The first-order valence-corrected chi connectivity index (χ1v) is 9.70. The number of piperazine rings is 1. The van der Waals surface area contributed by atoms with Crippen molar-refractivity contribution in [1.82, 2.24) is 19.8 Å². The Balaban J connectivity index is 1.58. The zero-order chi connectivity index (χ0) is 19.5. The molecule has 0 radical (unpaired) electrons. The van der Waals surface area contributed by atoms with E-state index < -0.39 is 5.91 Å². The molecule has 1 aliphatic heterocycles. The molecule has 3 aromatic rings. The number of aromatic nitrogens is 1. The summed E-state index contributed by atoms with van der Waals surface area (Å²) in [6.45, 7) is 5.59. The Morgan fingerprint density at radius 1 is 1.04 bits per heavy atom. The molecular formula is C22H26N4O2. The highest BCUT2D eigenvalue weighted by molar-refractivity contribution is 5.93. The van der Waals surface area contributed by atoms with Crippen LogP contribution in [0, 0.1) is 0 Å². The molecule has 0 atom stereocenters. The Labute approximate surface area is 164 Å². The number of hydroxylamine groups is 1. The molecule has 2 aromatic carbocycles. The third-order valence-corrected chi connectivity index (χ3v) is 5.60. The van der Waals surface area contributed by atoms with Crippen LogP contribution in [0.3, 0.4) is 0 Å². The van der Waals surface area contributed by atoms with Gasteiger partial charge in [0.2, 0.25) is 0 Å². The monoisotopic (exact) mass is 378 g/mol. The summed E-state index contributed by atoms with van der Waals surface area (Å²) in [4.78, 5) is 16.5. The van der Waals surface area contributed by atoms with E-state index in [1.165, 1.54) is 10.9 Å². The van der Waals surface area contributed by atoms with Gasteiger partial charge in [0.05, 0.1) is 5.52 Å². The van der Waals surface area contributed by atoms with Crippen LogP contribution in [-0.2, 0) is 6.42 Å². The molecule has 1 fully saturated rings. The highest BCUT2D eigenvalue weighted by atomic mass is 16.5. The van der Waals surface area contributed by atoms with Crippen molar-refractivity contribution in [2.75, 3.05) is 39.8 Å². The molecule has 28 heavy (non-hydrogen) atoms. The number of carbonyl (C=O) groups is 1. The zero-order valence-electron chi connectivity index (χ0n) is 16.1. The summed E-state index contributed by atoms with van der Waals surface area (Å²) in [5.74, 6) is -0.503. The lowest BCUT2D eigenvalue weighted by molar-refractivity contribution is 0.0706. The SMILES string of the molecule is CN1CCN(CCc2cn(-c3ccc(C(=O)NO)cc3)c3ccccc23)CC1. The molecule has 1 aromatic heterocycles. The van der Waals surface area contributed by atoms with E-state index in [9.17, 15) is 4.79 Å². The van der Waals surface area contributed by atoms with Gasteiger partial charge in [-0.3, -0.25) is 10.0 Å². The number of nitrogens with one attached hydrogen (secondary N) is 1. The topological polar surface area (TPSA) is 60.7 Å². The normalized spacial score (nSPS) is 15.8. The van der Waals surface area contributed by atoms with Crippen LogP contribution in [-0.4, -0.2) is 65.3 Å². The molecule has 2 N–H and O–H groups in total. The molecule has 4 rings (SSSR count). The number of para-hydroxylation sites is 1. The lowest BCUT2D eigenvalue weighted by Gasteiger charge is -2.32. The summed E-state index contributed by atoms with van der Waals surface area (Å²) in [6, 6.07) is 15.7. The Hall–Kier alpha value is -2.67. The molecule has 0 saturated carbocycles. The van der Waals surface area contributed by atoms with E-state index in [0.29, 0.717) is 5.56 Å². The minimum atomic E-state index is -0.503. The lowest BCUT2D eigenvalue weighted by Crippen LogP contribution is -2.45. The number of fused-ring (bicyclic) bond motifs is 1. The highest BCUT2D eigenvalue weighted by Gasteiger charge is 2.15. The van der Waals surface area contributed by atoms with Crippen LogP contribution >= 0.6 is 0 Å². The van der Waals surface area contributed by atoms with Gasteiger partial charge in [0.25, 0.3) is 5.91 Å².